The van der Waals surface area contributed by atoms with Crippen molar-refractivity contribution in [2.75, 3.05) is 6.54 Å². The average Bonchev–Trinajstić information content (AvgIpc) is 3.22. The number of carbonyl (C=O) groups is 3. The van der Waals surface area contributed by atoms with E-state index in [0.717, 1.165) is 6.42 Å². The number of nitrogens with one attached hydrogen (secondary N) is 1. The first kappa shape index (κ1) is 22.0. The summed E-state index contributed by atoms with van der Waals surface area (Å²) in [5.41, 5.74) is -3.72. The predicted molar refractivity (Wildman–Crippen MR) is 126 cm³/mol. The maximum atomic E-state index is 13.9. The lowest BCUT2D eigenvalue weighted by Gasteiger charge is -2.62. The molecule has 2 amide bonds. The highest BCUT2D eigenvalue weighted by atomic mass is 16.6. The van der Waals surface area contributed by atoms with Crippen LogP contribution in [-0.2, 0) is 14.4 Å². The molecule has 3 unspecified atom stereocenters. The summed E-state index contributed by atoms with van der Waals surface area (Å²) in [5.74, 6) is -0.785. The fourth-order valence-corrected chi connectivity index (χ4v) is 6.91. The van der Waals surface area contributed by atoms with Crippen LogP contribution in [0.2, 0.25) is 0 Å². The summed E-state index contributed by atoms with van der Waals surface area (Å²) in [6.45, 7) is 7.75. The summed E-state index contributed by atoms with van der Waals surface area (Å²) < 4.78 is 5.92. The molecule has 2 spiro atoms. The molecule has 1 N–H and O–H groups in total. The van der Waals surface area contributed by atoms with Gasteiger partial charge in [-0.2, -0.15) is 0 Å². The Morgan fingerprint density at radius 2 is 1.91 bits per heavy atom. The number of rotatable bonds is 2. The maximum Gasteiger partial charge on any atom is 0.288 e. The van der Waals surface area contributed by atoms with Crippen molar-refractivity contribution in [2.24, 2.45) is 11.3 Å². The van der Waals surface area contributed by atoms with Gasteiger partial charge in [-0.1, -0.05) is 13.8 Å². The summed E-state index contributed by atoms with van der Waals surface area (Å²) in [7, 11) is 0. The van der Waals surface area contributed by atoms with E-state index in [4.69, 9.17) is 4.74 Å². The van der Waals surface area contributed by atoms with Gasteiger partial charge in [0.25, 0.3) is 11.6 Å². The summed E-state index contributed by atoms with van der Waals surface area (Å²) in [6.07, 6.45) is 6.60. The molecule has 182 valence electrons. The lowest BCUT2D eigenvalue weighted by atomic mass is 9.51. The molecule has 1 aromatic rings. The Morgan fingerprint density at radius 1 is 1.17 bits per heavy atom. The Labute approximate surface area is 202 Å². The van der Waals surface area contributed by atoms with Crippen LogP contribution in [0.5, 0.6) is 5.75 Å². The van der Waals surface area contributed by atoms with Crippen molar-refractivity contribution in [3.63, 3.8) is 0 Å². The van der Waals surface area contributed by atoms with Crippen molar-refractivity contribution >= 4 is 34.9 Å². The van der Waals surface area contributed by atoms with E-state index in [9.17, 15) is 24.5 Å². The van der Waals surface area contributed by atoms with Crippen LogP contribution in [0.3, 0.4) is 0 Å². The largest absolute Gasteiger partial charge is 0.483 e. The van der Waals surface area contributed by atoms with Crippen molar-refractivity contribution in [1.82, 2.24) is 10.2 Å². The number of fused-ring (bicyclic) bond motifs is 2. The minimum atomic E-state index is -1.41. The molecule has 3 atom stereocenters. The second-order valence-electron chi connectivity index (χ2n) is 11.5. The number of amides is 2. The first-order valence-corrected chi connectivity index (χ1v) is 12.0. The van der Waals surface area contributed by atoms with Gasteiger partial charge in [0.2, 0.25) is 5.91 Å². The smallest absolute Gasteiger partial charge is 0.288 e. The lowest BCUT2D eigenvalue weighted by Crippen LogP contribution is -2.83. The van der Waals surface area contributed by atoms with Gasteiger partial charge in [-0.25, -0.2) is 0 Å². The first-order chi connectivity index (χ1) is 16.3. The molecule has 0 saturated carbocycles. The van der Waals surface area contributed by atoms with Crippen molar-refractivity contribution < 1.29 is 24.0 Å². The van der Waals surface area contributed by atoms with Gasteiger partial charge in [0.05, 0.1) is 16.1 Å². The average molecular weight is 478 g/mol. The zero-order valence-corrected chi connectivity index (χ0v) is 20.1. The molecule has 9 nitrogen and oxygen atoms in total. The summed E-state index contributed by atoms with van der Waals surface area (Å²) in [6, 6.07) is 3.14. The van der Waals surface area contributed by atoms with E-state index in [1.165, 1.54) is 12.1 Å². The minimum Gasteiger partial charge on any atom is -0.483 e. The van der Waals surface area contributed by atoms with E-state index in [-0.39, 0.29) is 40.0 Å². The quantitative estimate of drug-likeness (QED) is 0.517. The van der Waals surface area contributed by atoms with Crippen LogP contribution in [-0.4, -0.2) is 50.6 Å². The Morgan fingerprint density at radius 3 is 2.63 bits per heavy atom. The summed E-state index contributed by atoms with van der Waals surface area (Å²) >= 11 is 0. The van der Waals surface area contributed by atoms with Gasteiger partial charge >= 0.3 is 0 Å². The number of ketones is 1. The van der Waals surface area contributed by atoms with Gasteiger partial charge in [-0.15, -0.1) is 0 Å². The van der Waals surface area contributed by atoms with Crippen molar-refractivity contribution in [2.45, 2.75) is 63.6 Å². The van der Waals surface area contributed by atoms with E-state index in [1.807, 2.05) is 13.8 Å². The minimum absolute atomic E-state index is 0.0845. The summed E-state index contributed by atoms with van der Waals surface area (Å²) in [4.78, 5) is 54.5. The molecule has 1 aliphatic carbocycles. The van der Waals surface area contributed by atoms with Crippen LogP contribution in [0.25, 0.3) is 11.6 Å². The molecule has 0 aromatic heterocycles. The molecule has 4 saturated heterocycles. The number of allylic oxidation sites excluding steroid dienone is 1. The molecule has 4 fully saturated rings. The molecule has 6 aliphatic rings. The number of nitrogens with zero attached hydrogens (tertiary/aromatic N) is 2. The SMILES string of the molecule is CC1(C)C=Cc2c(ccc(C3=CC45NC(=O)C6(CCCN6C4=O)CC5C(C)(C)C3=O)c2[N+](=O)[O-])O1. The van der Waals surface area contributed by atoms with Gasteiger partial charge in [0, 0.05) is 23.5 Å². The third kappa shape index (κ3) is 2.56. The highest BCUT2D eigenvalue weighted by molar-refractivity contribution is 6.27. The van der Waals surface area contributed by atoms with Crippen LogP contribution in [0.15, 0.2) is 24.3 Å². The zero-order valence-electron chi connectivity index (χ0n) is 20.1. The van der Waals surface area contributed by atoms with Crippen LogP contribution >= 0.6 is 0 Å². The number of carbonyl (C=O) groups excluding carboxylic acids is 3. The Balaban J connectivity index is 1.59. The van der Waals surface area contributed by atoms with Gasteiger partial charge in [0.15, 0.2) is 5.78 Å². The third-order valence-electron chi connectivity index (χ3n) is 8.67. The Hall–Kier alpha value is -3.49. The predicted octanol–water partition coefficient (Wildman–Crippen LogP) is 3.02. The second-order valence-corrected chi connectivity index (χ2v) is 11.5. The fourth-order valence-electron chi connectivity index (χ4n) is 6.91. The van der Waals surface area contributed by atoms with Crippen LogP contribution in [0.4, 0.5) is 5.69 Å². The highest BCUT2D eigenvalue weighted by Gasteiger charge is 2.72. The number of ether oxygens (including phenoxy) is 1. The normalized spacial score (nSPS) is 33.4. The zero-order chi connectivity index (χ0) is 25.1. The maximum absolute atomic E-state index is 13.9. The van der Waals surface area contributed by atoms with Gasteiger partial charge in [-0.05, 0) is 63.5 Å². The van der Waals surface area contributed by atoms with E-state index in [2.05, 4.69) is 5.32 Å². The number of hydrogen-bond donors (Lipinski definition) is 1. The second kappa shape index (κ2) is 6.38. The number of nitro benzene ring substituents is 1. The van der Waals surface area contributed by atoms with E-state index < -0.39 is 32.9 Å². The number of Topliss-reactive ketones (excluding diaryl/α,β-unsaturated/α-hetero) is 1. The van der Waals surface area contributed by atoms with E-state index in [1.54, 1.807) is 37.0 Å². The van der Waals surface area contributed by atoms with Crippen molar-refractivity contribution in [1.29, 1.82) is 0 Å². The number of piperazine rings is 1. The molecule has 7 rings (SSSR count). The molecular formula is C26H27N3O6. The van der Waals surface area contributed by atoms with Crippen LogP contribution in [0.1, 0.15) is 58.1 Å². The Kier molecular flexibility index (Phi) is 4.01. The summed E-state index contributed by atoms with van der Waals surface area (Å²) in [5, 5.41) is 15.3. The molecule has 5 aliphatic heterocycles. The van der Waals surface area contributed by atoms with Gasteiger partial charge < -0.3 is 15.0 Å². The number of hydrogen-bond acceptors (Lipinski definition) is 6. The van der Waals surface area contributed by atoms with Crippen LogP contribution in [0, 0.1) is 21.4 Å². The van der Waals surface area contributed by atoms with Gasteiger partial charge in [0.1, 0.15) is 22.4 Å². The standard InChI is InChI=1S/C26H27N3O6/c1-23(2)10-8-15-17(35-23)7-6-14(19(15)29(33)34)16-12-26-18(24(3,4)20(16)30)13-25(21(31)27-26)9-5-11-28(25)22(26)32/h6-8,10,12,18H,5,9,11,13H2,1-4H3,(H,27,31). The van der Waals surface area contributed by atoms with Crippen LogP contribution < -0.4 is 10.1 Å². The van der Waals surface area contributed by atoms with Crippen molar-refractivity contribution in [3.8, 4) is 5.75 Å². The molecule has 9 heteroatoms. The molecule has 1 aromatic carbocycles. The van der Waals surface area contributed by atoms with E-state index in [0.29, 0.717) is 25.1 Å². The monoisotopic (exact) mass is 477 g/mol. The highest BCUT2D eigenvalue weighted by Crippen LogP contribution is 2.59. The molecule has 0 radical (unpaired) electrons. The third-order valence-corrected chi connectivity index (χ3v) is 8.67. The molecule has 5 heterocycles. The van der Waals surface area contributed by atoms with Crippen molar-refractivity contribution in [3.05, 3.63) is 45.5 Å². The number of nitro groups is 1. The topological polar surface area (TPSA) is 119 Å². The number of benzene rings is 1. The fraction of sp³-hybridized carbons (Fsp3) is 0.500. The molecule has 35 heavy (non-hydrogen) atoms. The molecule has 2 bridgehead atoms. The van der Waals surface area contributed by atoms with Gasteiger partial charge in [-0.3, -0.25) is 24.5 Å². The Bertz CT molecular complexity index is 1320. The molecular weight excluding hydrogens is 450 g/mol. The first-order valence-electron chi connectivity index (χ1n) is 12.0. The van der Waals surface area contributed by atoms with E-state index >= 15 is 0 Å². The number of piperidine rings is 2. The lowest BCUT2D eigenvalue weighted by molar-refractivity contribution is -0.385.